The van der Waals surface area contributed by atoms with Crippen molar-refractivity contribution in [3.05, 3.63) is 0 Å². The Morgan fingerprint density at radius 3 is 2.47 bits per heavy atom. The molecule has 0 aromatic carbocycles. The van der Waals surface area contributed by atoms with E-state index in [9.17, 15) is 14.4 Å². The van der Waals surface area contributed by atoms with E-state index in [-0.39, 0.29) is 12.8 Å². The molecule has 0 radical (unpaired) electrons. The molecule has 6 nitrogen and oxygen atoms in total. The lowest BCUT2D eigenvalue weighted by atomic mass is 10.2. The van der Waals surface area contributed by atoms with Crippen LogP contribution in [0.4, 0.5) is 4.79 Å². The Bertz CT molecular complexity index is 288. The molecule has 0 saturated carbocycles. The number of rotatable bonds is 6. The van der Waals surface area contributed by atoms with E-state index in [1.54, 1.807) is 0 Å². The van der Waals surface area contributed by atoms with Crippen molar-refractivity contribution >= 4 is 17.9 Å². The molecule has 1 aliphatic rings. The Labute approximate surface area is 100 Å². The summed E-state index contributed by atoms with van der Waals surface area (Å²) in [5.41, 5.74) is 0. The first-order chi connectivity index (χ1) is 8.15. The van der Waals surface area contributed by atoms with E-state index in [0.29, 0.717) is 11.6 Å². The van der Waals surface area contributed by atoms with Gasteiger partial charge in [-0.05, 0) is 6.42 Å². The van der Waals surface area contributed by atoms with Gasteiger partial charge < -0.3 is 10.2 Å². The zero-order valence-corrected chi connectivity index (χ0v) is 10.0. The van der Waals surface area contributed by atoms with Crippen LogP contribution in [0.15, 0.2) is 0 Å². The largest absolute Gasteiger partial charge is 0.432 e. The Kier molecular flexibility index (Phi) is 5.45. The molecule has 1 N–H and O–H groups in total. The van der Waals surface area contributed by atoms with Gasteiger partial charge in [0.2, 0.25) is 0 Å². The molecule has 1 fully saturated rings. The van der Waals surface area contributed by atoms with Gasteiger partial charge in [-0.15, -0.1) is 5.06 Å². The van der Waals surface area contributed by atoms with Gasteiger partial charge in [-0.25, -0.2) is 4.79 Å². The van der Waals surface area contributed by atoms with E-state index >= 15 is 0 Å². The molecule has 1 saturated heterocycles. The monoisotopic (exact) mass is 242 g/mol. The molecule has 1 rings (SSSR count). The van der Waals surface area contributed by atoms with Crippen molar-refractivity contribution in [1.82, 2.24) is 10.4 Å². The Morgan fingerprint density at radius 2 is 1.88 bits per heavy atom. The molecule has 1 heterocycles. The van der Waals surface area contributed by atoms with E-state index in [0.717, 1.165) is 25.7 Å². The minimum absolute atomic E-state index is 0.114. The molecule has 0 aromatic heterocycles. The van der Waals surface area contributed by atoms with Crippen LogP contribution in [-0.4, -0.2) is 29.5 Å². The van der Waals surface area contributed by atoms with Crippen LogP contribution >= 0.6 is 0 Å². The number of imide groups is 1. The van der Waals surface area contributed by atoms with Gasteiger partial charge >= 0.3 is 6.09 Å². The molecule has 6 heteroatoms. The van der Waals surface area contributed by atoms with E-state index in [2.05, 4.69) is 17.1 Å². The number of amides is 3. The van der Waals surface area contributed by atoms with Crippen molar-refractivity contribution < 1.29 is 19.2 Å². The van der Waals surface area contributed by atoms with E-state index in [1.807, 2.05) is 0 Å². The van der Waals surface area contributed by atoms with E-state index < -0.39 is 17.9 Å². The summed E-state index contributed by atoms with van der Waals surface area (Å²) in [7, 11) is 0. The highest BCUT2D eigenvalue weighted by Gasteiger charge is 2.32. The maximum atomic E-state index is 11.2. The highest BCUT2D eigenvalue weighted by atomic mass is 16.7. The smallest absolute Gasteiger partial charge is 0.320 e. The summed E-state index contributed by atoms with van der Waals surface area (Å²) in [6.07, 6.45) is 3.64. The van der Waals surface area contributed by atoms with Gasteiger partial charge in [-0.3, -0.25) is 9.59 Å². The zero-order chi connectivity index (χ0) is 12.7. The molecule has 0 spiro atoms. The summed E-state index contributed by atoms with van der Waals surface area (Å²) in [6, 6.07) is 0. The average Bonchev–Trinajstić information content (AvgIpc) is 2.60. The SMILES string of the molecule is CCCCCCNC(=O)ON1C(=O)CCC1=O. The highest BCUT2D eigenvalue weighted by molar-refractivity contribution is 6.01. The van der Waals surface area contributed by atoms with Crippen LogP contribution in [0.2, 0.25) is 0 Å². The molecule has 0 aromatic rings. The summed E-state index contributed by atoms with van der Waals surface area (Å²) >= 11 is 0. The molecular formula is C11H18N2O4. The third-order valence-corrected chi connectivity index (χ3v) is 2.48. The topological polar surface area (TPSA) is 75.7 Å². The summed E-state index contributed by atoms with van der Waals surface area (Å²) in [6.45, 7) is 2.60. The number of nitrogens with zero attached hydrogens (tertiary/aromatic N) is 1. The second-order valence-corrected chi connectivity index (χ2v) is 3.95. The molecular weight excluding hydrogens is 224 g/mol. The highest BCUT2D eigenvalue weighted by Crippen LogP contribution is 2.11. The van der Waals surface area contributed by atoms with Crippen molar-refractivity contribution in [1.29, 1.82) is 0 Å². The predicted octanol–water partition coefficient (Wildman–Crippen LogP) is 1.36. The lowest BCUT2D eigenvalue weighted by molar-refractivity contribution is -0.171. The maximum Gasteiger partial charge on any atom is 0.432 e. The van der Waals surface area contributed by atoms with Crippen molar-refractivity contribution in [2.75, 3.05) is 6.54 Å². The van der Waals surface area contributed by atoms with Gasteiger partial charge in [-0.2, -0.15) is 0 Å². The number of nitrogens with one attached hydrogen (secondary N) is 1. The average molecular weight is 242 g/mol. The molecule has 0 aliphatic carbocycles. The second kappa shape index (κ2) is 6.88. The normalized spacial score (nSPS) is 15.2. The van der Waals surface area contributed by atoms with Crippen LogP contribution in [0, 0.1) is 0 Å². The zero-order valence-electron chi connectivity index (χ0n) is 10.0. The third kappa shape index (κ3) is 4.42. The first kappa shape index (κ1) is 13.5. The van der Waals surface area contributed by atoms with Crippen LogP contribution in [0.3, 0.4) is 0 Å². The number of hydrogen-bond donors (Lipinski definition) is 1. The Morgan fingerprint density at radius 1 is 1.24 bits per heavy atom. The molecule has 3 amide bonds. The van der Waals surface area contributed by atoms with Crippen molar-refractivity contribution in [3.63, 3.8) is 0 Å². The van der Waals surface area contributed by atoms with Gasteiger partial charge in [0.05, 0.1) is 0 Å². The summed E-state index contributed by atoms with van der Waals surface area (Å²) in [5, 5.41) is 3.05. The molecule has 1 aliphatic heterocycles. The number of unbranched alkanes of at least 4 members (excludes halogenated alkanes) is 3. The Hall–Kier alpha value is -1.59. The summed E-state index contributed by atoms with van der Waals surface area (Å²) < 4.78 is 0. The predicted molar refractivity (Wildman–Crippen MR) is 59.7 cm³/mol. The fourth-order valence-electron chi connectivity index (χ4n) is 1.52. The number of hydroxylamine groups is 2. The van der Waals surface area contributed by atoms with Crippen molar-refractivity contribution in [3.8, 4) is 0 Å². The molecule has 0 atom stereocenters. The standard InChI is InChI=1S/C11H18N2O4/c1-2-3-4-5-8-12-11(16)17-13-9(14)6-7-10(13)15/h2-8H2,1H3,(H,12,16). The van der Waals surface area contributed by atoms with E-state index in [4.69, 9.17) is 0 Å². The lowest BCUT2D eigenvalue weighted by Crippen LogP contribution is -2.37. The molecule has 96 valence electrons. The van der Waals surface area contributed by atoms with Crippen LogP contribution in [-0.2, 0) is 14.4 Å². The number of carbonyl (C=O) groups is 3. The first-order valence-electron chi connectivity index (χ1n) is 5.96. The van der Waals surface area contributed by atoms with Gasteiger partial charge in [0.15, 0.2) is 0 Å². The lowest BCUT2D eigenvalue weighted by Gasteiger charge is -2.12. The van der Waals surface area contributed by atoms with Crippen LogP contribution in [0.25, 0.3) is 0 Å². The van der Waals surface area contributed by atoms with E-state index in [1.165, 1.54) is 0 Å². The fourth-order valence-corrected chi connectivity index (χ4v) is 1.52. The van der Waals surface area contributed by atoms with Crippen molar-refractivity contribution in [2.45, 2.75) is 45.4 Å². The quantitative estimate of drug-likeness (QED) is 0.563. The van der Waals surface area contributed by atoms with Crippen LogP contribution < -0.4 is 5.32 Å². The molecule has 0 bridgehead atoms. The summed E-state index contributed by atoms with van der Waals surface area (Å²) in [5.74, 6) is -0.924. The minimum Gasteiger partial charge on any atom is -0.320 e. The van der Waals surface area contributed by atoms with Crippen LogP contribution in [0.5, 0.6) is 0 Å². The summed E-state index contributed by atoms with van der Waals surface area (Å²) in [4.78, 5) is 38.1. The Balaban J connectivity index is 2.16. The first-order valence-corrected chi connectivity index (χ1v) is 5.96. The maximum absolute atomic E-state index is 11.2. The third-order valence-electron chi connectivity index (χ3n) is 2.48. The molecule has 17 heavy (non-hydrogen) atoms. The number of hydrogen-bond acceptors (Lipinski definition) is 4. The fraction of sp³-hybridized carbons (Fsp3) is 0.727. The van der Waals surface area contributed by atoms with Crippen molar-refractivity contribution in [2.24, 2.45) is 0 Å². The number of carbonyl (C=O) groups excluding carboxylic acids is 3. The second-order valence-electron chi connectivity index (χ2n) is 3.95. The van der Waals surface area contributed by atoms with Gasteiger partial charge in [0.25, 0.3) is 11.8 Å². The van der Waals surface area contributed by atoms with Gasteiger partial charge in [0.1, 0.15) is 0 Å². The van der Waals surface area contributed by atoms with Gasteiger partial charge in [0, 0.05) is 19.4 Å². The molecule has 0 unspecified atom stereocenters. The minimum atomic E-state index is -0.745. The van der Waals surface area contributed by atoms with Crippen LogP contribution in [0.1, 0.15) is 45.4 Å². The van der Waals surface area contributed by atoms with Gasteiger partial charge in [-0.1, -0.05) is 26.2 Å².